The molecule has 0 spiro atoms. The van der Waals surface area contributed by atoms with E-state index in [2.05, 4.69) is 16.2 Å². The minimum Gasteiger partial charge on any atom is -0.543 e. The quantitative estimate of drug-likeness (QED) is 0.406. The zero-order valence-corrected chi connectivity index (χ0v) is 21.6. The van der Waals surface area contributed by atoms with Crippen LogP contribution in [0.4, 0.5) is 0 Å². The third-order valence-electron chi connectivity index (χ3n) is 5.42. The maximum absolute atomic E-state index is 13.2. The smallest absolute Gasteiger partial charge is 0.543 e. The molecule has 0 fully saturated rings. The van der Waals surface area contributed by atoms with Crippen LogP contribution in [0.2, 0.25) is 0 Å². The number of rotatable bonds is 7. The number of hydrogen-bond donors (Lipinski definition) is 0. The summed E-state index contributed by atoms with van der Waals surface area (Å²) in [5, 5.41) is 25.7. The van der Waals surface area contributed by atoms with Crippen LogP contribution in [0, 0.1) is 11.3 Å². The van der Waals surface area contributed by atoms with E-state index < -0.39 is 29.1 Å². The monoisotopic (exact) mass is 457 g/mol. The van der Waals surface area contributed by atoms with Crippen molar-refractivity contribution < 1.29 is 44.2 Å². The van der Waals surface area contributed by atoms with E-state index in [-0.39, 0.29) is 47.2 Å². The summed E-state index contributed by atoms with van der Waals surface area (Å²) in [4.78, 5) is 29.2. The van der Waals surface area contributed by atoms with Gasteiger partial charge in [0, 0.05) is 31.1 Å². The number of aryl methyl sites for hydroxylation is 1. The zero-order chi connectivity index (χ0) is 23.6. The number of carbonyl (C=O) groups is 1. The molecule has 0 amide bonds. The molecule has 0 bridgehead atoms. The first-order chi connectivity index (χ1) is 15.2. The normalized spacial score (nSPS) is 12.5. The molecule has 0 radical (unpaired) electrons. The number of hydrogen-bond acceptors (Lipinski definition) is 7. The second-order valence-electron chi connectivity index (χ2n) is 7.82. The molecule has 2 unspecified atom stereocenters. The summed E-state index contributed by atoms with van der Waals surface area (Å²) in [6.07, 6.45) is 3.52. The molecule has 3 aromatic rings. The Bertz CT molecular complexity index is 1260. The number of nitrogens with zero attached hydrogens (tertiary/aromatic N) is 5. The summed E-state index contributed by atoms with van der Waals surface area (Å²) >= 11 is 0. The summed E-state index contributed by atoms with van der Waals surface area (Å²) < 4.78 is 8.13. The van der Waals surface area contributed by atoms with Gasteiger partial charge in [-0.2, -0.15) is 10.4 Å². The number of carbonyl (C=O) groups excluding carboxylic acids is 1. The molecule has 1 aromatic carbocycles. The standard InChI is InChI=1S/C23H25N5O4.Na/c1-13(2)28-21(26-19(23(30)31)20(32-5)22(28)29)14(3)18(16-11-25-27(4)12-16)17-9-7-6-8-15(17)10-24;/h6-9,11-14,18H,1-5H3,(H,30,31);/q;+1/p-1. The van der Waals surface area contributed by atoms with Crippen molar-refractivity contribution >= 4 is 5.97 Å². The average molecular weight is 457 g/mol. The summed E-state index contributed by atoms with van der Waals surface area (Å²) in [5.41, 5.74) is 0.857. The van der Waals surface area contributed by atoms with E-state index in [0.717, 1.165) is 11.1 Å². The van der Waals surface area contributed by atoms with Gasteiger partial charge < -0.3 is 14.6 Å². The van der Waals surface area contributed by atoms with Crippen molar-refractivity contribution in [3.63, 3.8) is 0 Å². The Hall–Kier alpha value is -2.93. The second-order valence-corrected chi connectivity index (χ2v) is 7.82. The fraction of sp³-hybridized carbons (Fsp3) is 0.348. The maximum atomic E-state index is 13.2. The van der Waals surface area contributed by atoms with Crippen LogP contribution in [0.15, 0.2) is 41.5 Å². The predicted molar refractivity (Wildman–Crippen MR) is 114 cm³/mol. The summed E-state index contributed by atoms with van der Waals surface area (Å²) in [6.45, 7) is 5.46. The van der Waals surface area contributed by atoms with E-state index >= 15 is 0 Å². The van der Waals surface area contributed by atoms with Crippen LogP contribution in [-0.2, 0) is 7.05 Å². The van der Waals surface area contributed by atoms with Crippen molar-refractivity contribution in [2.45, 2.75) is 38.6 Å². The first-order valence-electron chi connectivity index (χ1n) is 10.1. The maximum Gasteiger partial charge on any atom is 1.00 e. The molecule has 3 rings (SSSR count). The third kappa shape index (κ3) is 5.03. The van der Waals surface area contributed by atoms with Crippen molar-refractivity contribution in [3.05, 3.63) is 75.2 Å². The number of carboxylic acid groups (broad SMARTS) is 1. The molecule has 33 heavy (non-hydrogen) atoms. The van der Waals surface area contributed by atoms with Crippen LogP contribution >= 0.6 is 0 Å². The summed E-state index contributed by atoms with van der Waals surface area (Å²) in [6, 6.07) is 9.06. The average Bonchev–Trinajstić information content (AvgIpc) is 3.18. The number of methoxy groups -OCH3 is 1. The fourth-order valence-electron chi connectivity index (χ4n) is 4.03. The van der Waals surface area contributed by atoms with Gasteiger partial charge in [-0.3, -0.25) is 14.0 Å². The van der Waals surface area contributed by atoms with Gasteiger partial charge in [-0.25, -0.2) is 4.98 Å². The van der Waals surface area contributed by atoms with E-state index in [9.17, 15) is 20.0 Å². The molecule has 2 aromatic heterocycles. The molecule has 0 aliphatic carbocycles. The molecule has 0 aliphatic rings. The van der Waals surface area contributed by atoms with Gasteiger partial charge in [-0.05, 0) is 31.0 Å². The number of nitriles is 1. The first-order valence-corrected chi connectivity index (χ1v) is 10.1. The van der Waals surface area contributed by atoms with Crippen molar-refractivity contribution in [1.29, 1.82) is 5.26 Å². The van der Waals surface area contributed by atoms with E-state index in [1.54, 1.807) is 43.9 Å². The number of aromatic nitrogens is 4. The number of ether oxygens (including phenoxy) is 1. The molecule has 2 heterocycles. The Morgan fingerprint density at radius 3 is 2.42 bits per heavy atom. The van der Waals surface area contributed by atoms with Gasteiger partial charge in [0.15, 0.2) is 0 Å². The first kappa shape index (κ1) is 26.3. The van der Waals surface area contributed by atoms with E-state index in [0.29, 0.717) is 5.56 Å². The Morgan fingerprint density at radius 2 is 1.91 bits per heavy atom. The molecular formula is C23H24N5NaO4. The van der Waals surface area contributed by atoms with Gasteiger partial charge in [-0.1, -0.05) is 25.1 Å². The van der Waals surface area contributed by atoms with Gasteiger partial charge in [-0.15, -0.1) is 0 Å². The molecule has 166 valence electrons. The minimum absolute atomic E-state index is 0. The summed E-state index contributed by atoms with van der Waals surface area (Å²) in [5.74, 6) is -2.62. The van der Waals surface area contributed by atoms with E-state index in [1.807, 2.05) is 25.3 Å². The van der Waals surface area contributed by atoms with Crippen molar-refractivity contribution in [2.75, 3.05) is 7.11 Å². The van der Waals surface area contributed by atoms with Crippen LogP contribution in [0.1, 0.15) is 71.7 Å². The Morgan fingerprint density at radius 1 is 1.24 bits per heavy atom. The topological polar surface area (TPSA) is 126 Å². The third-order valence-corrected chi connectivity index (χ3v) is 5.42. The van der Waals surface area contributed by atoms with Gasteiger partial charge in [0.25, 0.3) is 5.56 Å². The molecule has 0 aliphatic heterocycles. The zero-order valence-electron chi connectivity index (χ0n) is 19.6. The van der Waals surface area contributed by atoms with Crippen molar-refractivity contribution in [3.8, 4) is 11.8 Å². The van der Waals surface area contributed by atoms with Crippen molar-refractivity contribution in [1.82, 2.24) is 19.3 Å². The minimum atomic E-state index is -1.60. The van der Waals surface area contributed by atoms with E-state index in [4.69, 9.17) is 4.74 Å². The van der Waals surface area contributed by atoms with Crippen LogP contribution in [0.5, 0.6) is 5.75 Å². The molecule has 9 nitrogen and oxygen atoms in total. The fourth-order valence-corrected chi connectivity index (χ4v) is 4.03. The van der Waals surface area contributed by atoms with Gasteiger partial charge in [0.2, 0.25) is 5.75 Å². The Balaban J connectivity index is 0.00000385. The Labute approximate surface area is 213 Å². The van der Waals surface area contributed by atoms with Crippen LogP contribution < -0.4 is 45.0 Å². The molecule has 0 saturated heterocycles. The molecular weight excluding hydrogens is 433 g/mol. The second kappa shape index (κ2) is 10.8. The largest absolute Gasteiger partial charge is 1.00 e. The number of carboxylic acids is 1. The molecule has 0 saturated carbocycles. The van der Waals surface area contributed by atoms with Gasteiger partial charge >= 0.3 is 29.6 Å². The van der Waals surface area contributed by atoms with Crippen LogP contribution in [0.25, 0.3) is 0 Å². The Kier molecular flexibility index (Phi) is 8.61. The van der Waals surface area contributed by atoms with Crippen LogP contribution in [0.3, 0.4) is 0 Å². The molecule has 10 heteroatoms. The van der Waals surface area contributed by atoms with Gasteiger partial charge in [0.1, 0.15) is 11.5 Å². The summed E-state index contributed by atoms with van der Waals surface area (Å²) in [7, 11) is 3.01. The number of benzene rings is 1. The SMILES string of the molecule is COc1c(C(=O)[O-])nc(C(C)C(c2cnn(C)c2)c2ccccc2C#N)n(C(C)C)c1=O.[Na+]. The van der Waals surface area contributed by atoms with Crippen LogP contribution in [-0.4, -0.2) is 32.4 Å². The number of aromatic carboxylic acids is 1. The predicted octanol–water partition coefficient (Wildman–Crippen LogP) is -1.26. The van der Waals surface area contributed by atoms with Crippen molar-refractivity contribution in [2.24, 2.45) is 7.05 Å². The molecule has 2 atom stereocenters. The van der Waals surface area contributed by atoms with E-state index in [1.165, 1.54) is 11.7 Å². The molecule has 0 N–H and O–H groups in total. The van der Waals surface area contributed by atoms with Gasteiger partial charge in [0.05, 0.1) is 30.9 Å².